The van der Waals surface area contributed by atoms with E-state index >= 15 is 0 Å². The minimum Gasteiger partial charge on any atom is -0.352 e. The molecule has 1 saturated heterocycles. The number of likely N-dealkylation sites (N-methyl/N-ethyl adjacent to an activating group) is 1. The Hall–Kier alpha value is -0.610. The van der Waals surface area contributed by atoms with Crippen molar-refractivity contribution in [1.82, 2.24) is 15.1 Å². The van der Waals surface area contributed by atoms with Gasteiger partial charge < -0.3 is 10.2 Å². The van der Waals surface area contributed by atoms with Crippen LogP contribution in [0.3, 0.4) is 0 Å². The summed E-state index contributed by atoms with van der Waals surface area (Å²) in [6, 6.07) is 0.279. The number of amides is 1. The predicted octanol–water partition coefficient (Wildman–Crippen LogP) is 0.395. The first-order chi connectivity index (χ1) is 7.49. The average Bonchev–Trinajstić information content (AvgIpc) is 2.19. The molecule has 1 N–H and O–H groups in total. The molecule has 4 nitrogen and oxygen atoms in total. The maximum absolute atomic E-state index is 11.1. The molecule has 16 heavy (non-hydrogen) atoms. The summed E-state index contributed by atoms with van der Waals surface area (Å²) in [7, 11) is 2.16. The number of nitrogens with zero attached hydrogens (tertiary/aromatic N) is 2. The van der Waals surface area contributed by atoms with E-state index in [1.807, 2.05) is 0 Å². The van der Waals surface area contributed by atoms with E-state index in [0.717, 1.165) is 32.7 Å². The van der Waals surface area contributed by atoms with Crippen LogP contribution in [0.2, 0.25) is 0 Å². The summed E-state index contributed by atoms with van der Waals surface area (Å²) >= 11 is 0. The third-order valence-corrected chi connectivity index (χ3v) is 3.24. The molecule has 1 amide bonds. The lowest BCUT2D eigenvalue weighted by molar-refractivity contribution is -0.120. The second kappa shape index (κ2) is 6.21. The van der Waals surface area contributed by atoms with Crippen LogP contribution in [0.1, 0.15) is 20.8 Å². The zero-order valence-electron chi connectivity index (χ0n) is 11.0. The molecule has 0 saturated carbocycles. The van der Waals surface area contributed by atoms with Gasteiger partial charge in [-0.15, -0.1) is 0 Å². The fraction of sp³-hybridized carbons (Fsp3) is 0.917. The number of carbonyl (C=O) groups excluding carboxylic acids is 1. The fourth-order valence-electron chi connectivity index (χ4n) is 1.99. The lowest BCUT2D eigenvalue weighted by Gasteiger charge is -2.35. The Morgan fingerprint density at radius 1 is 1.25 bits per heavy atom. The van der Waals surface area contributed by atoms with Gasteiger partial charge in [0.25, 0.3) is 0 Å². The van der Waals surface area contributed by atoms with E-state index in [1.54, 1.807) is 6.92 Å². The molecule has 94 valence electrons. The van der Waals surface area contributed by atoms with Crippen molar-refractivity contribution >= 4 is 5.91 Å². The highest BCUT2D eigenvalue weighted by atomic mass is 16.1. The smallest absolute Gasteiger partial charge is 0.217 e. The summed E-state index contributed by atoms with van der Waals surface area (Å²) in [5.74, 6) is 0.566. The van der Waals surface area contributed by atoms with Gasteiger partial charge in [0.2, 0.25) is 5.91 Å². The summed E-state index contributed by atoms with van der Waals surface area (Å²) in [6.07, 6.45) is 0. The third kappa shape index (κ3) is 4.49. The molecule has 1 atom stereocenters. The van der Waals surface area contributed by atoms with Crippen LogP contribution >= 0.6 is 0 Å². The topological polar surface area (TPSA) is 35.6 Å². The SMILES string of the molecule is CC(=O)NC(CN1CCN(C)CC1)C(C)C. The van der Waals surface area contributed by atoms with Crippen LogP contribution in [0, 0.1) is 5.92 Å². The Labute approximate surface area is 99.0 Å². The number of nitrogens with one attached hydrogen (secondary N) is 1. The molecule has 1 fully saturated rings. The van der Waals surface area contributed by atoms with E-state index in [4.69, 9.17) is 0 Å². The van der Waals surface area contributed by atoms with Gasteiger partial charge in [-0.2, -0.15) is 0 Å². The van der Waals surface area contributed by atoms with Gasteiger partial charge in [-0.1, -0.05) is 13.8 Å². The molecule has 1 rings (SSSR count). The van der Waals surface area contributed by atoms with Crippen LogP contribution in [0.15, 0.2) is 0 Å². The number of carbonyl (C=O) groups is 1. The summed E-state index contributed by atoms with van der Waals surface area (Å²) in [5.41, 5.74) is 0. The van der Waals surface area contributed by atoms with Crippen LogP contribution in [0.4, 0.5) is 0 Å². The van der Waals surface area contributed by atoms with E-state index in [9.17, 15) is 4.79 Å². The Morgan fingerprint density at radius 3 is 2.25 bits per heavy atom. The zero-order chi connectivity index (χ0) is 12.1. The number of rotatable bonds is 4. The summed E-state index contributed by atoms with van der Waals surface area (Å²) in [4.78, 5) is 15.9. The minimum absolute atomic E-state index is 0.0767. The summed E-state index contributed by atoms with van der Waals surface area (Å²) in [6.45, 7) is 11.4. The number of hydrogen-bond acceptors (Lipinski definition) is 3. The van der Waals surface area contributed by atoms with Crippen molar-refractivity contribution in [2.24, 2.45) is 5.92 Å². The van der Waals surface area contributed by atoms with Gasteiger partial charge in [-0.3, -0.25) is 9.69 Å². The normalized spacial score (nSPS) is 21.1. The van der Waals surface area contributed by atoms with Gasteiger partial charge in [-0.05, 0) is 13.0 Å². The molecule has 4 heteroatoms. The fourth-order valence-corrected chi connectivity index (χ4v) is 1.99. The van der Waals surface area contributed by atoms with Crippen molar-refractivity contribution in [3.05, 3.63) is 0 Å². The van der Waals surface area contributed by atoms with E-state index < -0.39 is 0 Å². The van der Waals surface area contributed by atoms with Gasteiger partial charge in [0, 0.05) is 45.7 Å². The summed E-state index contributed by atoms with van der Waals surface area (Å²) < 4.78 is 0. The minimum atomic E-state index is 0.0767. The first kappa shape index (κ1) is 13.5. The van der Waals surface area contributed by atoms with Crippen LogP contribution in [-0.4, -0.2) is 61.5 Å². The van der Waals surface area contributed by atoms with Crippen LogP contribution < -0.4 is 5.32 Å². The molecule has 1 unspecified atom stereocenters. The van der Waals surface area contributed by atoms with Crippen LogP contribution in [-0.2, 0) is 4.79 Å². The van der Waals surface area contributed by atoms with Crippen molar-refractivity contribution < 1.29 is 4.79 Å². The van der Waals surface area contributed by atoms with E-state index in [0.29, 0.717) is 5.92 Å². The molecule has 1 heterocycles. The summed E-state index contributed by atoms with van der Waals surface area (Å²) in [5, 5.41) is 3.04. The van der Waals surface area contributed by atoms with Crippen LogP contribution in [0.25, 0.3) is 0 Å². The van der Waals surface area contributed by atoms with E-state index in [-0.39, 0.29) is 11.9 Å². The number of piperazine rings is 1. The van der Waals surface area contributed by atoms with Gasteiger partial charge in [0.15, 0.2) is 0 Å². The van der Waals surface area contributed by atoms with Crippen molar-refractivity contribution in [2.75, 3.05) is 39.8 Å². The standard InChI is InChI=1S/C12H25N3O/c1-10(2)12(13-11(3)16)9-15-7-5-14(4)6-8-15/h10,12H,5-9H2,1-4H3,(H,13,16). The van der Waals surface area contributed by atoms with Crippen molar-refractivity contribution in [3.8, 4) is 0 Å². The Kier molecular flexibility index (Phi) is 5.22. The Balaban J connectivity index is 2.39. The van der Waals surface area contributed by atoms with Crippen molar-refractivity contribution in [2.45, 2.75) is 26.8 Å². The molecule has 0 aromatic carbocycles. The third-order valence-electron chi connectivity index (χ3n) is 3.24. The molecule has 0 aromatic rings. The molecule has 0 aromatic heterocycles. The molecule has 0 spiro atoms. The molecule has 0 bridgehead atoms. The second-order valence-corrected chi connectivity index (χ2v) is 5.15. The highest BCUT2D eigenvalue weighted by Gasteiger charge is 2.20. The average molecular weight is 227 g/mol. The first-order valence-corrected chi connectivity index (χ1v) is 6.17. The largest absolute Gasteiger partial charge is 0.352 e. The molecular formula is C12H25N3O. The quantitative estimate of drug-likeness (QED) is 0.755. The van der Waals surface area contributed by atoms with Crippen LogP contribution in [0.5, 0.6) is 0 Å². The van der Waals surface area contributed by atoms with Crippen molar-refractivity contribution in [3.63, 3.8) is 0 Å². The van der Waals surface area contributed by atoms with Crippen molar-refractivity contribution in [1.29, 1.82) is 0 Å². The zero-order valence-corrected chi connectivity index (χ0v) is 11.0. The highest BCUT2D eigenvalue weighted by Crippen LogP contribution is 2.07. The maximum Gasteiger partial charge on any atom is 0.217 e. The maximum atomic E-state index is 11.1. The molecule has 0 aliphatic carbocycles. The van der Waals surface area contributed by atoms with Gasteiger partial charge >= 0.3 is 0 Å². The monoisotopic (exact) mass is 227 g/mol. The van der Waals surface area contributed by atoms with Gasteiger partial charge in [-0.25, -0.2) is 0 Å². The lowest BCUT2D eigenvalue weighted by atomic mass is 10.0. The Morgan fingerprint density at radius 2 is 1.81 bits per heavy atom. The van der Waals surface area contributed by atoms with E-state index in [2.05, 4.69) is 36.0 Å². The lowest BCUT2D eigenvalue weighted by Crippen LogP contribution is -2.51. The first-order valence-electron chi connectivity index (χ1n) is 6.17. The van der Waals surface area contributed by atoms with Gasteiger partial charge in [0.1, 0.15) is 0 Å². The molecular weight excluding hydrogens is 202 g/mol. The second-order valence-electron chi connectivity index (χ2n) is 5.15. The molecule has 0 radical (unpaired) electrons. The van der Waals surface area contributed by atoms with Gasteiger partial charge in [0.05, 0.1) is 0 Å². The molecule has 1 aliphatic heterocycles. The highest BCUT2D eigenvalue weighted by molar-refractivity contribution is 5.73. The van der Waals surface area contributed by atoms with E-state index in [1.165, 1.54) is 0 Å². The molecule has 1 aliphatic rings. The Bertz CT molecular complexity index is 222. The predicted molar refractivity (Wildman–Crippen MR) is 66.4 cm³/mol. The number of hydrogen-bond donors (Lipinski definition) is 1.